The SMILES string of the molecule is COCC(=O)N1c2ccc(C(=O)CBr)cc2CC1C. The average Bonchev–Trinajstić information content (AvgIpc) is 2.72. The Morgan fingerprint density at radius 2 is 2.21 bits per heavy atom. The van der Waals surface area contributed by atoms with Crippen LogP contribution in [0.5, 0.6) is 0 Å². The minimum atomic E-state index is -0.0479. The van der Waals surface area contributed by atoms with Gasteiger partial charge in [-0.25, -0.2) is 0 Å². The van der Waals surface area contributed by atoms with E-state index in [-0.39, 0.29) is 24.3 Å². The molecule has 0 saturated carbocycles. The number of ketones is 1. The summed E-state index contributed by atoms with van der Waals surface area (Å²) in [6.45, 7) is 2.07. The largest absolute Gasteiger partial charge is 0.375 e. The third kappa shape index (κ3) is 2.72. The van der Waals surface area contributed by atoms with Gasteiger partial charge < -0.3 is 9.64 Å². The molecule has 1 aliphatic rings. The molecule has 1 unspecified atom stereocenters. The van der Waals surface area contributed by atoms with Gasteiger partial charge in [0.25, 0.3) is 5.91 Å². The number of alkyl halides is 1. The van der Waals surface area contributed by atoms with Crippen LogP contribution >= 0.6 is 15.9 Å². The molecule has 5 heteroatoms. The molecule has 4 nitrogen and oxygen atoms in total. The van der Waals surface area contributed by atoms with Crippen LogP contribution in [0.4, 0.5) is 5.69 Å². The van der Waals surface area contributed by atoms with E-state index in [0.717, 1.165) is 17.7 Å². The van der Waals surface area contributed by atoms with Crippen molar-refractivity contribution >= 4 is 33.3 Å². The number of hydrogen-bond donors (Lipinski definition) is 0. The monoisotopic (exact) mass is 325 g/mol. The lowest BCUT2D eigenvalue weighted by molar-refractivity contribution is -0.122. The smallest absolute Gasteiger partial charge is 0.253 e. The summed E-state index contributed by atoms with van der Waals surface area (Å²) in [5, 5.41) is 0.313. The molecule has 0 radical (unpaired) electrons. The van der Waals surface area contributed by atoms with E-state index in [1.807, 2.05) is 19.1 Å². The number of ether oxygens (including phenoxy) is 1. The highest BCUT2D eigenvalue weighted by Crippen LogP contribution is 2.33. The first-order chi connectivity index (χ1) is 9.08. The normalized spacial score (nSPS) is 17.4. The molecule has 2 rings (SSSR count). The summed E-state index contributed by atoms with van der Waals surface area (Å²) >= 11 is 3.17. The quantitative estimate of drug-likeness (QED) is 0.629. The van der Waals surface area contributed by atoms with E-state index >= 15 is 0 Å². The number of carbonyl (C=O) groups is 2. The van der Waals surface area contributed by atoms with Gasteiger partial charge in [-0.1, -0.05) is 15.9 Å². The number of amides is 1. The van der Waals surface area contributed by atoms with Crippen molar-refractivity contribution in [3.05, 3.63) is 29.3 Å². The first-order valence-corrected chi connectivity index (χ1v) is 7.23. The number of methoxy groups -OCH3 is 1. The molecule has 1 atom stereocenters. The van der Waals surface area contributed by atoms with Crippen LogP contribution in [0.3, 0.4) is 0 Å². The van der Waals surface area contributed by atoms with Crippen LogP contribution in [0.25, 0.3) is 0 Å². The maximum Gasteiger partial charge on any atom is 0.253 e. The van der Waals surface area contributed by atoms with Gasteiger partial charge in [-0.05, 0) is 37.1 Å². The highest BCUT2D eigenvalue weighted by molar-refractivity contribution is 9.09. The summed E-state index contributed by atoms with van der Waals surface area (Å²) in [6, 6.07) is 5.61. The van der Waals surface area contributed by atoms with Crippen LogP contribution in [0.1, 0.15) is 22.8 Å². The van der Waals surface area contributed by atoms with Gasteiger partial charge >= 0.3 is 0 Å². The fourth-order valence-electron chi connectivity index (χ4n) is 2.45. The fraction of sp³-hybridized carbons (Fsp3) is 0.429. The van der Waals surface area contributed by atoms with Crippen molar-refractivity contribution in [2.75, 3.05) is 23.9 Å². The molecule has 1 aromatic rings. The Morgan fingerprint density at radius 3 is 2.84 bits per heavy atom. The number of benzene rings is 1. The highest BCUT2D eigenvalue weighted by atomic mass is 79.9. The summed E-state index contributed by atoms with van der Waals surface area (Å²) in [7, 11) is 1.51. The molecule has 102 valence electrons. The van der Waals surface area contributed by atoms with Gasteiger partial charge in [-0.2, -0.15) is 0 Å². The second kappa shape index (κ2) is 5.84. The van der Waals surface area contributed by atoms with E-state index in [9.17, 15) is 9.59 Å². The van der Waals surface area contributed by atoms with E-state index < -0.39 is 0 Å². The number of hydrogen-bond acceptors (Lipinski definition) is 3. The Balaban J connectivity index is 2.32. The van der Waals surface area contributed by atoms with Gasteiger partial charge in [-0.15, -0.1) is 0 Å². The number of fused-ring (bicyclic) bond motifs is 1. The number of nitrogens with zero attached hydrogens (tertiary/aromatic N) is 1. The van der Waals surface area contributed by atoms with Crippen molar-refractivity contribution in [2.24, 2.45) is 0 Å². The van der Waals surface area contributed by atoms with Gasteiger partial charge in [0.15, 0.2) is 5.78 Å². The first kappa shape index (κ1) is 14.2. The topological polar surface area (TPSA) is 46.6 Å². The lowest BCUT2D eigenvalue weighted by Gasteiger charge is -2.22. The molecule has 0 saturated heterocycles. The standard InChI is InChI=1S/C14H16BrNO3/c1-9-5-11-6-10(13(17)7-15)3-4-12(11)16(9)14(18)8-19-2/h3-4,6,9H,5,7-8H2,1-2H3. The lowest BCUT2D eigenvalue weighted by atomic mass is 10.1. The lowest BCUT2D eigenvalue weighted by Crippen LogP contribution is -2.38. The van der Waals surface area contributed by atoms with E-state index in [1.165, 1.54) is 7.11 Å². The van der Waals surface area contributed by atoms with Crippen molar-refractivity contribution in [3.8, 4) is 0 Å². The predicted molar refractivity (Wildman–Crippen MR) is 77.1 cm³/mol. The van der Waals surface area contributed by atoms with E-state index in [1.54, 1.807) is 11.0 Å². The van der Waals surface area contributed by atoms with Crippen LogP contribution in [0.15, 0.2) is 18.2 Å². The van der Waals surface area contributed by atoms with Crippen molar-refractivity contribution in [1.29, 1.82) is 0 Å². The van der Waals surface area contributed by atoms with Crippen LogP contribution in [0.2, 0.25) is 0 Å². The third-order valence-corrected chi connectivity index (χ3v) is 3.78. The number of anilines is 1. The zero-order chi connectivity index (χ0) is 14.0. The molecule has 1 amide bonds. The molecule has 0 aliphatic carbocycles. The van der Waals surface area contributed by atoms with Gasteiger partial charge in [0, 0.05) is 24.4 Å². The van der Waals surface area contributed by atoms with E-state index in [2.05, 4.69) is 15.9 Å². The van der Waals surface area contributed by atoms with Gasteiger partial charge in [0.05, 0.1) is 5.33 Å². The van der Waals surface area contributed by atoms with Crippen molar-refractivity contribution in [2.45, 2.75) is 19.4 Å². The molecule has 1 aliphatic heterocycles. The summed E-state index contributed by atoms with van der Waals surface area (Å²) in [4.78, 5) is 25.4. The number of Topliss-reactive ketones (excluding diaryl/α,β-unsaturated/α-hetero) is 1. The number of rotatable bonds is 4. The maximum absolute atomic E-state index is 12.0. The Kier molecular flexibility index (Phi) is 4.37. The van der Waals surface area contributed by atoms with Crippen LogP contribution < -0.4 is 4.90 Å². The third-order valence-electron chi connectivity index (χ3n) is 3.27. The maximum atomic E-state index is 12.0. The van der Waals surface area contributed by atoms with E-state index in [0.29, 0.717) is 10.9 Å². The molecular formula is C14H16BrNO3. The molecule has 0 spiro atoms. The van der Waals surface area contributed by atoms with Crippen molar-refractivity contribution in [1.82, 2.24) is 0 Å². The van der Waals surface area contributed by atoms with Crippen molar-refractivity contribution in [3.63, 3.8) is 0 Å². The Bertz CT molecular complexity index is 515. The number of carbonyl (C=O) groups excluding carboxylic acids is 2. The second-order valence-corrected chi connectivity index (χ2v) is 5.21. The zero-order valence-corrected chi connectivity index (χ0v) is 12.6. The first-order valence-electron chi connectivity index (χ1n) is 6.11. The zero-order valence-electron chi connectivity index (χ0n) is 11.0. The van der Waals surface area contributed by atoms with Crippen LogP contribution in [0, 0.1) is 0 Å². The van der Waals surface area contributed by atoms with Gasteiger partial charge in [-0.3, -0.25) is 9.59 Å². The minimum Gasteiger partial charge on any atom is -0.375 e. The molecule has 1 heterocycles. The minimum absolute atomic E-state index is 0.0479. The highest BCUT2D eigenvalue weighted by Gasteiger charge is 2.31. The Labute approximate surface area is 120 Å². The summed E-state index contributed by atoms with van der Waals surface area (Å²) in [6.07, 6.45) is 0.772. The summed E-state index contributed by atoms with van der Waals surface area (Å²) in [5.74, 6) is 0.00504. The molecular weight excluding hydrogens is 310 g/mol. The second-order valence-electron chi connectivity index (χ2n) is 4.65. The Morgan fingerprint density at radius 1 is 1.47 bits per heavy atom. The fourth-order valence-corrected chi connectivity index (χ4v) is 2.78. The van der Waals surface area contributed by atoms with Crippen LogP contribution in [-0.2, 0) is 16.0 Å². The van der Waals surface area contributed by atoms with Gasteiger partial charge in [0.1, 0.15) is 6.61 Å². The predicted octanol–water partition coefficient (Wildman–Crippen LogP) is 2.19. The Hall–Kier alpha value is -1.20. The summed E-state index contributed by atoms with van der Waals surface area (Å²) in [5.41, 5.74) is 2.62. The number of halogens is 1. The average molecular weight is 326 g/mol. The van der Waals surface area contributed by atoms with Crippen molar-refractivity contribution < 1.29 is 14.3 Å². The molecule has 0 N–H and O–H groups in total. The molecule has 1 aromatic carbocycles. The molecule has 0 bridgehead atoms. The summed E-state index contributed by atoms with van der Waals surface area (Å²) < 4.78 is 4.91. The molecule has 0 fully saturated rings. The van der Waals surface area contributed by atoms with Gasteiger partial charge in [0.2, 0.25) is 0 Å². The van der Waals surface area contributed by atoms with E-state index in [4.69, 9.17) is 4.74 Å². The van der Waals surface area contributed by atoms with Crippen LogP contribution in [-0.4, -0.2) is 36.8 Å². The molecule has 0 aromatic heterocycles. The molecule has 19 heavy (non-hydrogen) atoms.